The number of benzene rings is 1. The Balaban J connectivity index is 1.83. The molecule has 7 heteroatoms. The predicted molar refractivity (Wildman–Crippen MR) is 110 cm³/mol. The number of ether oxygens (including phenoxy) is 1. The van der Waals surface area contributed by atoms with Crippen LogP contribution >= 0.6 is 0 Å². The number of H-pyrrole nitrogens is 1. The van der Waals surface area contributed by atoms with Gasteiger partial charge < -0.3 is 24.8 Å². The molecule has 1 saturated heterocycles. The largest absolute Gasteiger partial charge is 0.497 e. The van der Waals surface area contributed by atoms with Crippen LogP contribution in [0, 0.1) is 5.41 Å². The number of pyridine rings is 1. The Morgan fingerprint density at radius 2 is 2.00 bits per heavy atom. The molecule has 0 bridgehead atoms. The van der Waals surface area contributed by atoms with Crippen LogP contribution in [0.3, 0.4) is 0 Å². The number of aromatic amines is 1. The molecule has 1 aromatic heterocycles. The first-order valence-electron chi connectivity index (χ1n) is 9.90. The summed E-state index contributed by atoms with van der Waals surface area (Å²) >= 11 is 0. The molecule has 2 aromatic rings. The van der Waals surface area contributed by atoms with Gasteiger partial charge in [-0.25, -0.2) is 0 Å². The molecule has 156 valence electrons. The van der Waals surface area contributed by atoms with Gasteiger partial charge in [-0.05, 0) is 54.8 Å². The first-order valence-corrected chi connectivity index (χ1v) is 9.90. The minimum Gasteiger partial charge on any atom is -0.497 e. The van der Waals surface area contributed by atoms with Crippen LogP contribution in [0.25, 0.3) is 11.3 Å². The molecular formula is C22H28N2O5. The first-order chi connectivity index (χ1) is 13.9. The van der Waals surface area contributed by atoms with Crippen LogP contribution in [-0.2, 0) is 0 Å². The third kappa shape index (κ3) is 4.21. The Bertz CT molecular complexity index is 908. The minimum absolute atomic E-state index is 0.0574. The maximum Gasteiger partial charge on any atom is 0.261 e. The Morgan fingerprint density at radius 1 is 1.28 bits per heavy atom. The van der Waals surface area contributed by atoms with Gasteiger partial charge >= 0.3 is 0 Å². The van der Waals surface area contributed by atoms with Crippen LogP contribution in [-0.4, -0.2) is 58.9 Å². The zero-order valence-corrected chi connectivity index (χ0v) is 16.9. The molecule has 1 amide bonds. The summed E-state index contributed by atoms with van der Waals surface area (Å²) in [7, 11) is 1.59. The highest BCUT2D eigenvalue weighted by Crippen LogP contribution is 2.35. The molecule has 0 radical (unpaired) electrons. The van der Waals surface area contributed by atoms with Crippen molar-refractivity contribution < 1.29 is 19.7 Å². The average molecular weight is 400 g/mol. The lowest BCUT2D eigenvalue weighted by atomic mass is 9.74. The zero-order chi connectivity index (χ0) is 21.0. The molecule has 1 aliphatic heterocycles. The van der Waals surface area contributed by atoms with Crippen molar-refractivity contribution in [3.8, 4) is 17.0 Å². The number of carbonyl (C=O) groups is 1. The molecule has 2 atom stereocenters. The first kappa shape index (κ1) is 21.1. The number of methoxy groups -OCH3 is 1. The third-order valence-corrected chi connectivity index (χ3v) is 5.78. The number of hydrogen-bond acceptors (Lipinski definition) is 5. The van der Waals surface area contributed by atoms with Gasteiger partial charge in [0.1, 0.15) is 11.3 Å². The van der Waals surface area contributed by atoms with Crippen molar-refractivity contribution in [2.75, 3.05) is 26.8 Å². The molecule has 29 heavy (non-hydrogen) atoms. The Kier molecular flexibility index (Phi) is 6.39. The Morgan fingerprint density at radius 3 is 2.59 bits per heavy atom. The lowest BCUT2D eigenvalue weighted by Gasteiger charge is -2.45. The number of aliphatic hydroxyl groups is 2. The number of nitrogens with one attached hydrogen (secondary N) is 1. The van der Waals surface area contributed by atoms with Crippen LogP contribution < -0.4 is 10.3 Å². The molecule has 1 fully saturated rings. The molecule has 0 unspecified atom stereocenters. The van der Waals surface area contributed by atoms with Crippen molar-refractivity contribution >= 4 is 5.91 Å². The number of hydrogen-bond donors (Lipinski definition) is 3. The van der Waals surface area contributed by atoms with Gasteiger partial charge in [0, 0.05) is 24.2 Å². The summed E-state index contributed by atoms with van der Waals surface area (Å²) < 4.78 is 5.14. The number of rotatable bonds is 6. The molecule has 1 aliphatic rings. The molecular weight excluding hydrogens is 372 g/mol. The quantitative estimate of drug-likeness (QED) is 0.689. The van der Waals surface area contributed by atoms with Crippen LogP contribution in [0.5, 0.6) is 5.75 Å². The van der Waals surface area contributed by atoms with E-state index in [1.807, 2.05) is 19.1 Å². The van der Waals surface area contributed by atoms with E-state index in [0.29, 0.717) is 25.1 Å². The highest BCUT2D eigenvalue weighted by molar-refractivity contribution is 5.94. The summed E-state index contributed by atoms with van der Waals surface area (Å²) in [4.78, 5) is 29.9. The summed E-state index contributed by atoms with van der Waals surface area (Å²) in [6.07, 6.45) is 1.12. The van der Waals surface area contributed by atoms with Gasteiger partial charge in [0.15, 0.2) is 0 Å². The van der Waals surface area contributed by atoms with E-state index in [9.17, 15) is 19.8 Å². The summed E-state index contributed by atoms with van der Waals surface area (Å²) in [5.41, 5.74) is 0.282. The number of aliphatic hydroxyl groups excluding tert-OH is 2. The summed E-state index contributed by atoms with van der Waals surface area (Å²) in [5, 5.41) is 20.3. The van der Waals surface area contributed by atoms with Crippen molar-refractivity contribution in [1.29, 1.82) is 0 Å². The number of carbonyl (C=O) groups excluding carboxylic acids is 1. The smallest absolute Gasteiger partial charge is 0.261 e. The average Bonchev–Trinajstić information content (AvgIpc) is 2.75. The number of aromatic nitrogens is 1. The predicted octanol–water partition coefficient (Wildman–Crippen LogP) is 2.04. The number of piperidine rings is 1. The zero-order valence-electron chi connectivity index (χ0n) is 16.9. The van der Waals surface area contributed by atoms with Gasteiger partial charge in [0.25, 0.3) is 11.5 Å². The van der Waals surface area contributed by atoms with Gasteiger partial charge in [-0.15, -0.1) is 0 Å². The van der Waals surface area contributed by atoms with E-state index in [1.54, 1.807) is 30.2 Å². The van der Waals surface area contributed by atoms with Gasteiger partial charge in [-0.3, -0.25) is 9.59 Å². The van der Waals surface area contributed by atoms with Crippen LogP contribution in [0.1, 0.15) is 36.5 Å². The summed E-state index contributed by atoms with van der Waals surface area (Å²) in [6, 6.07) is 10.5. The number of nitrogens with zero attached hydrogens (tertiary/aromatic N) is 1. The van der Waals surface area contributed by atoms with Crippen molar-refractivity contribution in [3.05, 3.63) is 52.3 Å². The fourth-order valence-electron chi connectivity index (χ4n) is 4.05. The minimum atomic E-state index is -0.738. The van der Waals surface area contributed by atoms with E-state index in [1.165, 1.54) is 6.07 Å². The maximum atomic E-state index is 13.0. The normalized spacial score (nSPS) is 21.8. The van der Waals surface area contributed by atoms with Crippen molar-refractivity contribution in [1.82, 2.24) is 9.88 Å². The molecule has 1 aromatic carbocycles. The van der Waals surface area contributed by atoms with Crippen molar-refractivity contribution in [2.45, 2.75) is 32.3 Å². The second-order valence-corrected chi connectivity index (χ2v) is 7.64. The van der Waals surface area contributed by atoms with E-state index in [-0.39, 0.29) is 24.6 Å². The lowest BCUT2D eigenvalue weighted by Crippen LogP contribution is -2.55. The van der Waals surface area contributed by atoms with Crippen molar-refractivity contribution in [2.24, 2.45) is 5.41 Å². The van der Waals surface area contributed by atoms with Gasteiger partial charge in [0.05, 0.1) is 19.8 Å². The summed E-state index contributed by atoms with van der Waals surface area (Å²) in [6.45, 7) is 2.37. The van der Waals surface area contributed by atoms with Gasteiger partial charge in [0.2, 0.25) is 0 Å². The molecule has 0 saturated carbocycles. The highest BCUT2D eigenvalue weighted by atomic mass is 16.5. The monoisotopic (exact) mass is 400 g/mol. The second-order valence-electron chi connectivity index (χ2n) is 7.64. The molecule has 3 N–H and O–H groups in total. The molecule has 2 heterocycles. The fraction of sp³-hybridized carbons (Fsp3) is 0.455. The lowest BCUT2D eigenvalue weighted by molar-refractivity contribution is -0.0720. The molecule has 7 nitrogen and oxygen atoms in total. The Hall–Kier alpha value is -2.64. The standard InChI is InChI=1S/C22H28N2O5/c1-3-11-22(14-25)13-24(12-10-19(22)26)21(28)17-8-9-18(23-20(17)27)15-4-6-16(29-2)7-5-15/h4-9,19,25-26H,3,10-14H2,1-2H3,(H,23,27)/t19-,22+/m1/s1. The van der Waals surface area contributed by atoms with Gasteiger partial charge in [-0.1, -0.05) is 13.3 Å². The van der Waals surface area contributed by atoms with E-state index in [0.717, 1.165) is 17.7 Å². The van der Waals surface area contributed by atoms with Crippen LogP contribution in [0.2, 0.25) is 0 Å². The third-order valence-electron chi connectivity index (χ3n) is 5.78. The molecule has 3 rings (SSSR count). The van der Waals surface area contributed by atoms with Crippen LogP contribution in [0.4, 0.5) is 0 Å². The highest BCUT2D eigenvalue weighted by Gasteiger charge is 2.43. The Labute approximate surface area is 170 Å². The second kappa shape index (κ2) is 8.80. The van der Waals surface area contributed by atoms with E-state index in [4.69, 9.17) is 4.74 Å². The van der Waals surface area contributed by atoms with Gasteiger partial charge in [-0.2, -0.15) is 0 Å². The SMILES string of the molecule is CCC[C@@]1(CO)CN(C(=O)c2ccc(-c3ccc(OC)cc3)[nH]c2=O)CC[C@H]1O. The maximum absolute atomic E-state index is 13.0. The fourth-order valence-corrected chi connectivity index (χ4v) is 4.05. The molecule has 0 aliphatic carbocycles. The van der Waals surface area contributed by atoms with E-state index < -0.39 is 17.1 Å². The van der Waals surface area contributed by atoms with Crippen LogP contribution in [0.15, 0.2) is 41.2 Å². The summed E-state index contributed by atoms with van der Waals surface area (Å²) in [5.74, 6) is 0.336. The van der Waals surface area contributed by atoms with Crippen molar-refractivity contribution in [3.63, 3.8) is 0 Å². The van der Waals surface area contributed by atoms with E-state index in [2.05, 4.69) is 4.98 Å². The topological polar surface area (TPSA) is 103 Å². The number of amides is 1. The molecule has 0 spiro atoms. The van der Waals surface area contributed by atoms with E-state index >= 15 is 0 Å². The number of likely N-dealkylation sites (tertiary alicyclic amines) is 1.